The molecule has 1 aromatic rings. The summed E-state index contributed by atoms with van der Waals surface area (Å²) in [4.78, 5) is -0.387. The van der Waals surface area contributed by atoms with Crippen molar-refractivity contribution in [1.29, 1.82) is 0 Å². The summed E-state index contributed by atoms with van der Waals surface area (Å²) < 4.78 is 40.6. The van der Waals surface area contributed by atoms with E-state index in [-0.39, 0.29) is 22.7 Å². The summed E-state index contributed by atoms with van der Waals surface area (Å²) in [5.74, 6) is -0.783. The van der Waals surface area contributed by atoms with Gasteiger partial charge in [0.1, 0.15) is 10.7 Å². The third kappa shape index (κ3) is 2.34. The van der Waals surface area contributed by atoms with Crippen molar-refractivity contribution in [3.05, 3.63) is 24.0 Å². The van der Waals surface area contributed by atoms with E-state index in [4.69, 9.17) is 5.73 Å². The van der Waals surface area contributed by atoms with E-state index in [1.165, 1.54) is 16.4 Å². The van der Waals surface area contributed by atoms with Crippen LogP contribution in [0.25, 0.3) is 0 Å². The lowest BCUT2D eigenvalue weighted by Crippen LogP contribution is -2.40. The SMILES string of the molecule is CCC1CCC(C)N1S(=O)(=O)c1c(N)cccc1F. The van der Waals surface area contributed by atoms with E-state index in [0.717, 1.165) is 25.3 Å². The molecule has 0 spiro atoms. The molecule has 0 saturated carbocycles. The minimum atomic E-state index is -3.88. The Morgan fingerprint density at radius 3 is 2.68 bits per heavy atom. The predicted octanol–water partition coefficient (Wildman–Crippen LogP) is 2.36. The highest BCUT2D eigenvalue weighted by Crippen LogP contribution is 2.35. The molecule has 2 unspecified atom stereocenters. The maximum absolute atomic E-state index is 13.9. The van der Waals surface area contributed by atoms with Crippen molar-refractivity contribution in [3.63, 3.8) is 0 Å². The Bertz CT molecular complexity index is 554. The third-order valence-corrected chi connectivity index (χ3v) is 5.88. The molecule has 0 bridgehead atoms. The Kier molecular flexibility index (Phi) is 3.82. The van der Waals surface area contributed by atoms with E-state index in [1.807, 2.05) is 13.8 Å². The van der Waals surface area contributed by atoms with Gasteiger partial charge in [-0.25, -0.2) is 12.8 Å². The lowest BCUT2D eigenvalue weighted by Gasteiger charge is -2.27. The highest BCUT2D eigenvalue weighted by atomic mass is 32.2. The van der Waals surface area contributed by atoms with Gasteiger partial charge in [0.2, 0.25) is 10.0 Å². The van der Waals surface area contributed by atoms with Crippen LogP contribution in [0.1, 0.15) is 33.1 Å². The number of hydrogen-bond donors (Lipinski definition) is 1. The molecule has 1 aliphatic rings. The van der Waals surface area contributed by atoms with Crippen molar-refractivity contribution in [3.8, 4) is 0 Å². The minimum absolute atomic E-state index is 0.0334. The van der Waals surface area contributed by atoms with Crippen molar-refractivity contribution < 1.29 is 12.8 Å². The van der Waals surface area contributed by atoms with Crippen molar-refractivity contribution in [1.82, 2.24) is 4.31 Å². The lowest BCUT2D eigenvalue weighted by atomic mass is 10.2. The fourth-order valence-corrected chi connectivity index (χ4v) is 4.89. The van der Waals surface area contributed by atoms with Crippen LogP contribution in [0.15, 0.2) is 23.1 Å². The van der Waals surface area contributed by atoms with Gasteiger partial charge in [-0.3, -0.25) is 0 Å². The first-order chi connectivity index (χ1) is 8.89. The van der Waals surface area contributed by atoms with E-state index in [1.54, 1.807) is 0 Å². The highest BCUT2D eigenvalue weighted by molar-refractivity contribution is 7.89. The van der Waals surface area contributed by atoms with Crippen LogP contribution in [0.5, 0.6) is 0 Å². The summed E-state index contributed by atoms with van der Waals surface area (Å²) in [5.41, 5.74) is 5.63. The number of nitrogen functional groups attached to an aromatic ring is 1. The topological polar surface area (TPSA) is 63.4 Å². The smallest absolute Gasteiger partial charge is 0.248 e. The summed E-state index contributed by atoms with van der Waals surface area (Å²) in [6.07, 6.45) is 2.33. The van der Waals surface area contributed by atoms with E-state index >= 15 is 0 Å². The van der Waals surface area contributed by atoms with Crippen LogP contribution in [0.4, 0.5) is 10.1 Å². The Morgan fingerprint density at radius 2 is 2.11 bits per heavy atom. The molecule has 1 aromatic carbocycles. The van der Waals surface area contributed by atoms with E-state index in [0.29, 0.717) is 0 Å². The van der Waals surface area contributed by atoms with Crippen LogP contribution in [-0.2, 0) is 10.0 Å². The first-order valence-corrected chi connectivity index (χ1v) is 7.91. The van der Waals surface area contributed by atoms with Gasteiger partial charge in [0.05, 0.1) is 5.69 Å². The molecule has 1 aliphatic heterocycles. The molecule has 0 radical (unpaired) electrons. The largest absolute Gasteiger partial charge is 0.398 e. The second-order valence-electron chi connectivity index (χ2n) is 4.98. The van der Waals surface area contributed by atoms with Gasteiger partial charge in [-0.05, 0) is 38.3 Å². The number of benzene rings is 1. The van der Waals surface area contributed by atoms with E-state index < -0.39 is 15.8 Å². The first-order valence-electron chi connectivity index (χ1n) is 6.47. The molecular formula is C13H19FN2O2S. The maximum atomic E-state index is 13.9. The molecule has 19 heavy (non-hydrogen) atoms. The molecule has 0 aliphatic carbocycles. The fraction of sp³-hybridized carbons (Fsp3) is 0.538. The molecule has 4 nitrogen and oxygen atoms in total. The average molecular weight is 286 g/mol. The zero-order valence-corrected chi connectivity index (χ0v) is 12.0. The molecule has 2 rings (SSSR count). The van der Waals surface area contributed by atoms with Gasteiger partial charge in [-0.15, -0.1) is 0 Å². The Morgan fingerprint density at radius 1 is 1.42 bits per heavy atom. The number of halogens is 1. The van der Waals surface area contributed by atoms with Crippen LogP contribution in [0.3, 0.4) is 0 Å². The average Bonchev–Trinajstić information content (AvgIpc) is 2.70. The molecule has 106 valence electrons. The van der Waals surface area contributed by atoms with Crippen molar-refractivity contribution in [2.24, 2.45) is 0 Å². The molecule has 1 heterocycles. The minimum Gasteiger partial charge on any atom is -0.398 e. The Labute approximate surface area is 113 Å². The number of sulfonamides is 1. The van der Waals surface area contributed by atoms with Gasteiger partial charge in [0.25, 0.3) is 0 Å². The maximum Gasteiger partial charge on any atom is 0.248 e. The van der Waals surface area contributed by atoms with Gasteiger partial charge >= 0.3 is 0 Å². The molecule has 0 aromatic heterocycles. The number of hydrogen-bond acceptors (Lipinski definition) is 3. The number of nitrogens with zero attached hydrogens (tertiary/aromatic N) is 1. The summed E-state index contributed by atoms with van der Waals surface area (Å²) in [6, 6.07) is 3.77. The van der Waals surface area contributed by atoms with Gasteiger partial charge < -0.3 is 5.73 Å². The lowest BCUT2D eigenvalue weighted by molar-refractivity contribution is 0.327. The molecule has 1 fully saturated rings. The molecule has 2 atom stereocenters. The van der Waals surface area contributed by atoms with Crippen LogP contribution in [-0.4, -0.2) is 24.8 Å². The number of anilines is 1. The molecule has 1 saturated heterocycles. The van der Waals surface area contributed by atoms with Gasteiger partial charge in [-0.2, -0.15) is 4.31 Å². The second-order valence-corrected chi connectivity index (χ2v) is 6.76. The standard InChI is InChI=1S/C13H19FN2O2S/c1-3-10-8-7-9(2)16(10)19(17,18)13-11(14)5-4-6-12(13)15/h4-6,9-10H,3,7-8,15H2,1-2H3. The van der Waals surface area contributed by atoms with Crippen LogP contribution in [0.2, 0.25) is 0 Å². The zero-order chi connectivity index (χ0) is 14.2. The summed E-state index contributed by atoms with van der Waals surface area (Å²) in [7, 11) is -3.88. The Hall–Kier alpha value is -1.14. The third-order valence-electron chi connectivity index (χ3n) is 3.72. The van der Waals surface area contributed by atoms with Crippen molar-refractivity contribution in [2.45, 2.75) is 50.1 Å². The van der Waals surface area contributed by atoms with Crippen LogP contribution >= 0.6 is 0 Å². The summed E-state index contributed by atoms with van der Waals surface area (Å²) >= 11 is 0. The zero-order valence-electron chi connectivity index (χ0n) is 11.1. The van der Waals surface area contributed by atoms with Crippen LogP contribution < -0.4 is 5.73 Å². The monoisotopic (exact) mass is 286 g/mol. The first kappa shape index (κ1) is 14.3. The van der Waals surface area contributed by atoms with E-state index in [2.05, 4.69) is 0 Å². The van der Waals surface area contributed by atoms with Crippen molar-refractivity contribution >= 4 is 15.7 Å². The van der Waals surface area contributed by atoms with E-state index in [9.17, 15) is 12.8 Å². The molecular weight excluding hydrogens is 267 g/mol. The molecule has 6 heteroatoms. The normalized spacial score (nSPS) is 24.8. The van der Waals surface area contributed by atoms with Gasteiger partial charge in [0.15, 0.2) is 0 Å². The second kappa shape index (κ2) is 5.09. The fourth-order valence-electron chi connectivity index (χ4n) is 2.77. The number of nitrogens with two attached hydrogens (primary N) is 1. The predicted molar refractivity (Wildman–Crippen MR) is 72.6 cm³/mol. The van der Waals surface area contributed by atoms with Gasteiger partial charge in [0, 0.05) is 12.1 Å². The quantitative estimate of drug-likeness (QED) is 0.868. The number of rotatable bonds is 3. The molecule has 2 N–H and O–H groups in total. The highest BCUT2D eigenvalue weighted by Gasteiger charge is 2.41. The molecule has 0 amide bonds. The van der Waals surface area contributed by atoms with Gasteiger partial charge in [-0.1, -0.05) is 13.0 Å². The Balaban J connectivity index is 2.53. The van der Waals surface area contributed by atoms with Crippen LogP contribution in [0, 0.1) is 5.82 Å². The summed E-state index contributed by atoms with van der Waals surface area (Å²) in [5, 5.41) is 0. The summed E-state index contributed by atoms with van der Waals surface area (Å²) in [6.45, 7) is 3.79. The van der Waals surface area contributed by atoms with Crippen molar-refractivity contribution in [2.75, 3.05) is 5.73 Å².